The molecule has 0 radical (unpaired) electrons. The highest BCUT2D eigenvalue weighted by atomic mass is 35.5. The molecule has 3 aromatic rings. The number of rotatable bonds is 7. The van der Waals surface area contributed by atoms with Crippen LogP contribution in [0.25, 0.3) is 6.08 Å². The van der Waals surface area contributed by atoms with Crippen LogP contribution in [-0.4, -0.2) is 28.5 Å². The Labute approximate surface area is 214 Å². The highest BCUT2D eigenvalue weighted by Crippen LogP contribution is 2.34. The number of hydrogen-bond donors (Lipinski definition) is 1. The van der Waals surface area contributed by atoms with Crippen LogP contribution in [0.4, 0.5) is 14.9 Å². The summed E-state index contributed by atoms with van der Waals surface area (Å²) in [7, 11) is 0. The average molecular weight is 531 g/mol. The smallest absolute Gasteiger partial charge is 0.294 e. The van der Waals surface area contributed by atoms with Crippen molar-refractivity contribution < 1.29 is 23.5 Å². The van der Waals surface area contributed by atoms with Gasteiger partial charge in [-0.25, -0.2) is 4.39 Å². The normalized spacial score (nSPS) is 14.5. The molecule has 0 atom stereocenters. The number of imide groups is 1. The van der Waals surface area contributed by atoms with Crippen molar-refractivity contribution in [3.63, 3.8) is 0 Å². The zero-order chi connectivity index (χ0) is 24.9. The number of carbonyl (C=O) groups is 3. The number of halogens is 3. The van der Waals surface area contributed by atoms with Gasteiger partial charge in [-0.2, -0.15) is 0 Å². The van der Waals surface area contributed by atoms with Gasteiger partial charge in [0.15, 0.2) is 0 Å². The lowest BCUT2D eigenvalue weighted by atomic mass is 10.1. The van der Waals surface area contributed by atoms with E-state index < -0.39 is 29.4 Å². The summed E-state index contributed by atoms with van der Waals surface area (Å²) in [6.45, 7) is -0.293. The lowest BCUT2D eigenvalue weighted by Gasteiger charge is -2.12. The first-order chi connectivity index (χ1) is 16.8. The van der Waals surface area contributed by atoms with E-state index in [1.54, 1.807) is 48.5 Å². The molecule has 0 unspecified atom stereocenters. The van der Waals surface area contributed by atoms with Gasteiger partial charge < -0.3 is 10.1 Å². The molecular weight excluding hydrogens is 514 g/mol. The van der Waals surface area contributed by atoms with Crippen molar-refractivity contribution in [2.45, 2.75) is 6.61 Å². The van der Waals surface area contributed by atoms with Gasteiger partial charge in [-0.05, 0) is 60.3 Å². The maximum atomic E-state index is 13.0. The van der Waals surface area contributed by atoms with Crippen LogP contribution in [0.5, 0.6) is 5.75 Å². The zero-order valence-corrected chi connectivity index (χ0v) is 20.3. The maximum absolute atomic E-state index is 13.0. The van der Waals surface area contributed by atoms with Crippen LogP contribution < -0.4 is 10.1 Å². The first-order valence-electron chi connectivity index (χ1n) is 10.3. The number of thioether (sulfide) groups is 1. The van der Waals surface area contributed by atoms with E-state index in [4.69, 9.17) is 27.9 Å². The number of ether oxygens (including phenoxy) is 1. The molecule has 10 heteroatoms. The fourth-order valence-corrected chi connectivity index (χ4v) is 4.47. The Morgan fingerprint density at radius 2 is 1.80 bits per heavy atom. The molecule has 1 heterocycles. The fraction of sp³-hybridized carbons (Fsp3) is 0.0800. The largest absolute Gasteiger partial charge is 0.488 e. The van der Waals surface area contributed by atoms with Gasteiger partial charge in [0, 0.05) is 26.9 Å². The minimum Gasteiger partial charge on any atom is -0.488 e. The fourth-order valence-electron chi connectivity index (χ4n) is 3.18. The summed E-state index contributed by atoms with van der Waals surface area (Å²) >= 11 is 12.9. The summed E-state index contributed by atoms with van der Waals surface area (Å²) in [5, 5.41) is 2.95. The predicted molar refractivity (Wildman–Crippen MR) is 135 cm³/mol. The molecule has 6 nitrogen and oxygen atoms in total. The van der Waals surface area contributed by atoms with E-state index in [0.717, 1.165) is 22.2 Å². The zero-order valence-electron chi connectivity index (χ0n) is 18.0. The molecule has 4 rings (SSSR count). The van der Waals surface area contributed by atoms with Crippen molar-refractivity contribution in [1.29, 1.82) is 0 Å². The number of amides is 3. The van der Waals surface area contributed by atoms with E-state index >= 15 is 0 Å². The Hall–Kier alpha value is -3.33. The van der Waals surface area contributed by atoms with Crippen LogP contribution in [0.3, 0.4) is 0 Å². The lowest BCUT2D eigenvalue weighted by Crippen LogP contribution is -2.36. The molecular formula is C25H17Cl2FN2O4S. The maximum Gasteiger partial charge on any atom is 0.294 e. The minimum atomic E-state index is -0.593. The summed E-state index contributed by atoms with van der Waals surface area (Å²) in [6, 6.07) is 17.3. The second kappa shape index (κ2) is 10.9. The molecule has 0 aliphatic carbocycles. The quantitative estimate of drug-likeness (QED) is 0.358. The summed E-state index contributed by atoms with van der Waals surface area (Å²) in [5.74, 6) is -1.13. The third-order valence-corrected chi connectivity index (χ3v) is 6.40. The Morgan fingerprint density at radius 1 is 1.06 bits per heavy atom. The van der Waals surface area contributed by atoms with Gasteiger partial charge in [-0.1, -0.05) is 47.5 Å². The van der Waals surface area contributed by atoms with Crippen molar-refractivity contribution in [3.05, 3.63) is 98.6 Å². The van der Waals surface area contributed by atoms with Crippen LogP contribution in [0.2, 0.25) is 10.0 Å². The van der Waals surface area contributed by atoms with Crippen LogP contribution in [0, 0.1) is 5.82 Å². The highest BCUT2D eigenvalue weighted by molar-refractivity contribution is 8.18. The van der Waals surface area contributed by atoms with E-state index in [-0.39, 0.29) is 11.5 Å². The number of nitrogens with one attached hydrogen (secondary N) is 1. The van der Waals surface area contributed by atoms with Gasteiger partial charge in [0.25, 0.3) is 11.1 Å². The summed E-state index contributed by atoms with van der Waals surface area (Å²) in [6.07, 6.45) is 1.54. The third-order valence-electron chi connectivity index (χ3n) is 4.91. The molecule has 0 saturated carbocycles. The molecule has 35 heavy (non-hydrogen) atoms. The summed E-state index contributed by atoms with van der Waals surface area (Å²) in [4.78, 5) is 38.6. The van der Waals surface area contributed by atoms with Crippen LogP contribution >= 0.6 is 35.0 Å². The molecule has 1 fully saturated rings. The molecule has 178 valence electrons. The van der Waals surface area contributed by atoms with Crippen LogP contribution in [-0.2, 0) is 16.2 Å². The van der Waals surface area contributed by atoms with Crippen molar-refractivity contribution in [1.82, 2.24) is 4.90 Å². The van der Waals surface area contributed by atoms with Gasteiger partial charge in [0.05, 0.1) is 4.91 Å². The minimum absolute atomic E-state index is 0.158. The van der Waals surface area contributed by atoms with Crippen molar-refractivity contribution >= 4 is 63.8 Å². The second-order valence-electron chi connectivity index (χ2n) is 7.39. The average Bonchev–Trinajstić information content (AvgIpc) is 3.08. The lowest BCUT2D eigenvalue weighted by molar-refractivity contribution is -0.127. The predicted octanol–water partition coefficient (Wildman–Crippen LogP) is 6.39. The molecule has 1 aliphatic rings. The van der Waals surface area contributed by atoms with E-state index in [9.17, 15) is 18.8 Å². The third kappa shape index (κ3) is 6.22. The van der Waals surface area contributed by atoms with Gasteiger partial charge in [-0.15, -0.1) is 0 Å². The first-order valence-corrected chi connectivity index (χ1v) is 11.8. The van der Waals surface area contributed by atoms with Gasteiger partial charge in [-0.3, -0.25) is 19.3 Å². The van der Waals surface area contributed by atoms with Gasteiger partial charge in [0.2, 0.25) is 5.91 Å². The number of benzene rings is 3. The monoisotopic (exact) mass is 530 g/mol. The summed E-state index contributed by atoms with van der Waals surface area (Å²) in [5.41, 5.74) is 1.67. The van der Waals surface area contributed by atoms with Crippen molar-refractivity contribution in [2.24, 2.45) is 0 Å². The molecule has 1 N–H and O–H groups in total. The highest BCUT2D eigenvalue weighted by Gasteiger charge is 2.36. The molecule has 3 aromatic carbocycles. The van der Waals surface area contributed by atoms with Crippen molar-refractivity contribution in [3.8, 4) is 5.75 Å². The molecule has 1 saturated heterocycles. The standard InChI is InChI=1S/C25H17Cl2FN2O4S/c26-17-6-5-16(20(27)12-17)14-34-21-4-2-1-3-15(21)11-22-24(32)30(25(33)35-22)13-23(31)29-19-9-7-18(28)8-10-19/h1-12H,13-14H2,(H,29,31)/b22-11-. The Morgan fingerprint density at radius 3 is 2.54 bits per heavy atom. The number of anilines is 1. The Kier molecular flexibility index (Phi) is 7.75. The second-order valence-corrected chi connectivity index (χ2v) is 9.22. The van der Waals surface area contributed by atoms with Crippen molar-refractivity contribution in [2.75, 3.05) is 11.9 Å². The first kappa shape index (κ1) is 24.8. The van der Waals surface area contributed by atoms with E-state index in [1.807, 2.05) is 0 Å². The molecule has 0 spiro atoms. The van der Waals surface area contributed by atoms with Crippen LogP contribution in [0.1, 0.15) is 11.1 Å². The molecule has 1 aliphatic heterocycles. The van der Waals surface area contributed by atoms with Gasteiger partial charge >= 0.3 is 0 Å². The molecule has 3 amide bonds. The van der Waals surface area contributed by atoms with E-state index in [1.165, 1.54) is 24.3 Å². The number of hydrogen-bond acceptors (Lipinski definition) is 5. The van der Waals surface area contributed by atoms with E-state index in [0.29, 0.717) is 27.0 Å². The SMILES string of the molecule is O=C(CN1C(=O)S/C(=C\c2ccccc2OCc2ccc(Cl)cc2Cl)C1=O)Nc1ccc(F)cc1. The Bertz CT molecular complexity index is 1330. The summed E-state index contributed by atoms with van der Waals surface area (Å²) < 4.78 is 18.9. The number of carbonyl (C=O) groups excluding carboxylic acids is 3. The topological polar surface area (TPSA) is 75.7 Å². The van der Waals surface area contributed by atoms with Crippen LogP contribution in [0.15, 0.2) is 71.6 Å². The van der Waals surface area contributed by atoms with E-state index in [2.05, 4.69) is 5.32 Å². The van der Waals surface area contributed by atoms with Gasteiger partial charge in [0.1, 0.15) is 24.7 Å². The molecule has 0 aromatic heterocycles. The Balaban J connectivity index is 1.45. The number of para-hydroxylation sites is 1. The number of nitrogens with zero attached hydrogens (tertiary/aromatic N) is 1. The molecule has 0 bridgehead atoms.